The third-order valence-corrected chi connectivity index (χ3v) is 10.1. The molecular weight excluding hydrogens is 677 g/mol. The summed E-state index contributed by atoms with van der Waals surface area (Å²) in [5, 5.41) is 2.82. The van der Waals surface area contributed by atoms with Crippen LogP contribution in [0.5, 0.6) is 0 Å². The SMILES string of the molecule is CCCCC/C=C\C/C=C\CCCCCCCCCC(=O)OC(COC(=O)CCCCCCCCCCCCCCC)COP(=O)(O)OCCNC. The van der Waals surface area contributed by atoms with Crippen molar-refractivity contribution in [2.75, 3.05) is 33.4 Å². The number of ether oxygens (including phenoxy) is 2. The normalized spacial score (nSPS) is 13.5. The van der Waals surface area contributed by atoms with Crippen molar-refractivity contribution in [2.24, 2.45) is 0 Å². The topological polar surface area (TPSA) is 120 Å². The lowest BCUT2D eigenvalue weighted by Crippen LogP contribution is -2.29. The summed E-state index contributed by atoms with van der Waals surface area (Å²) < 4.78 is 33.2. The first-order chi connectivity index (χ1) is 25.3. The standard InChI is InChI=1S/C42H80NO8P/c1-4-6-8-10-12-14-16-18-19-20-21-23-25-27-29-31-33-35-42(45)51-40(39-50-52(46,47)49-37-36-43-3)38-48-41(44)34-32-30-28-26-24-22-17-15-13-11-9-7-5-2/h12,14,18-19,40,43H,4-11,13,15-17,20-39H2,1-3H3,(H,46,47)/b14-12-,19-18-. The maximum atomic E-state index is 12.6. The van der Waals surface area contributed by atoms with Crippen LogP contribution in [-0.4, -0.2) is 56.3 Å². The smallest absolute Gasteiger partial charge is 0.462 e. The van der Waals surface area contributed by atoms with Crippen LogP contribution in [0.2, 0.25) is 0 Å². The second-order valence-electron chi connectivity index (χ2n) is 14.2. The lowest BCUT2D eigenvalue weighted by Gasteiger charge is -2.20. The Bertz CT molecular complexity index is 912. The van der Waals surface area contributed by atoms with Crippen molar-refractivity contribution in [2.45, 2.75) is 200 Å². The molecule has 0 rings (SSSR count). The van der Waals surface area contributed by atoms with E-state index in [0.29, 0.717) is 19.4 Å². The summed E-state index contributed by atoms with van der Waals surface area (Å²) in [4.78, 5) is 35.0. The molecule has 9 nitrogen and oxygen atoms in total. The summed E-state index contributed by atoms with van der Waals surface area (Å²) in [7, 11) is -2.65. The molecule has 52 heavy (non-hydrogen) atoms. The fourth-order valence-electron chi connectivity index (χ4n) is 5.82. The lowest BCUT2D eigenvalue weighted by atomic mass is 10.0. The summed E-state index contributed by atoms with van der Waals surface area (Å²) >= 11 is 0. The largest absolute Gasteiger partial charge is 0.472 e. The van der Waals surface area contributed by atoms with Crippen LogP contribution in [0.3, 0.4) is 0 Å². The zero-order chi connectivity index (χ0) is 38.2. The van der Waals surface area contributed by atoms with Crippen LogP contribution in [0, 0.1) is 0 Å². The van der Waals surface area contributed by atoms with E-state index in [1.165, 1.54) is 109 Å². The Labute approximate surface area is 319 Å². The highest BCUT2D eigenvalue weighted by Crippen LogP contribution is 2.43. The van der Waals surface area contributed by atoms with Gasteiger partial charge >= 0.3 is 19.8 Å². The van der Waals surface area contributed by atoms with Gasteiger partial charge in [-0.2, -0.15) is 0 Å². The molecule has 0 aromatic heterocycles. The van der Waals surface area contributed by atoms with E-state index in [4.69, 9.17) is 18.5 Å². The molecule has 2 unspecified atom stereocenters. The summed E-state index contributed by atoms with van der Waals surface area (Å²) in [6.07, 6.45) is 39.3. The Morgan fingerprint density at radius 1 is 0.596 bits per heavy atom. The molecule has 0 aliphatic rings. The van der Waals surface area contributed by atoms with Crippen molar-refractivity contribution in [3.05, 3.63) is 24.3 Å². The maximum absolute atomic E-state index is 12.6. The number of esters is 2. The van der Waals surface area contributed by atoms with Crippen LogP contribution in [0.1, 0.15) is 194 Å². The van der Waals surface area contributed by atoms with Crippen molar-refractivity contribution < 1.29 is 37.6 Å². The molecule has 0 saturated carbocycles. The first-order valence-corrected chi connectivity index (χ1v) is 22.8. The van der Waals surface area contributed by atoms with Gasteiger partial charge in [-0.3, -0.25) is 18.6 Å². The second kappa shape index (κ2) is 39.2. The number of carbonyl (C=O) groups is 2. The van der Waals surface area contributed by atoms with Crippen LogP contribution < -0.4 is 5.32 Å². The third kappa shape index (κ3) is 38.2. The molecule has 2 atom stereocenters. The fourth-order valence-corrected chi connectivity index (χ4v) is 6.57. The Hall–Kier alpha value is -1.51. The molecule has 0 aromatic rings. The minimum Gasteiger partial charge on any atom is -0.462 e. The first-order valence-electron chi connectivity index (χ1n) is 21.3. The van der Waals surface area contributed by atoms with Gasteiger partial charge < -0.3 is 19.7 Å². The van der Waals surface area contributed by atoms with Gasteiger partial charge in [0.2, 0.25) is 0 Å². The Morgan fingerprint density at radius 3 is 1.56 bits per heavy atom. The van der Waals surface area contributed by atoms with E-state index in [-0.39, 0.29) is 25.6 Å². The van der Waals surface area contributed by atoms with Crippen LogP contribution in [-0.2, 0) is 32.7 Å². The molecule has 0 aromatic carbocycles. The van der Waals surface area contributed by atoms with Gasteiger partial charge in [0.15, 0.2) is 6.10 Å². The molecule has 0 aliphatic carbocycles. The van der Waals surface area contributed by atoms with Gasteiger partial charge in [0.25, 0.3) is 0 Å². The van der Waals surface area contributed by atoms with Gasteiger partial charge in [-0.15, -0.1) is 0 Å². The molecule has 2 N–H and O–H groups in total. The van der Waals surface area contributed by atoms with E-state index < -0.39 is 26.5 Å². The summed E-state index contributed by atoms with van der Waals surface area (Å²) in [6.45, 7) is 4.20. The van der Waals surface area contributed by atoms with Crippen molar-refractivity contribution >= 4 is 19.8 Å². The molecule has 0 spiro atoms. The molecule has 0 fully saturated rings. The van der Waals surface area contributed by atoms with E-state index in [0.717, 1.165) is 51.4 Å². The molecule has 0 saturated heterocycles. The number of phosphoric acid groups is 1. The average molecular weight is 758 g/mol. The number of hydrogen-bond donors (Lipinski definition) is 2. The second-order valence-corrected chi connectivity index (χ2v) is 15.6. The minimum atomic E-state index is -4.34. The van der Waals surface area contributed by atoms with E-state index in [2.05, 4.69) is 43.5 Å². The average Bonchev–Trinajstić information content (AvgIpc) is 3.12. The predicted molar refractivity (Wildman–Crippen MR) is 215 cm³/mol. The number of rotatable bonds is 40. The highest BCUT2D eigenvalue weighted by Gasteiger charge is 2.26. The number of unbranched alkanes of at least 4 members (excludes halogenated alkanes) is 22. The van der Waals surface area contributed by atoms with Crippen molar-refractivity contribution in [1.82, 2.24) is 5.32 Å². The molecule has 10 heteroatoms. The van der Waals surface area contributed by atoms with Gasteiger partial charge in [-0.1, -0.05) is 160 Å². The van der Waals surface area contributed by atoms with Crippen LogP contribution >= 0.6 is 7.82 Å². The van der Waals surface area contributed by atoms with Crippen LogP contribution in [0.4, 0.5) is 0 Å². The van der Waals surface area contributed by atoms with Crippen molar-refractivity contribution in [1.29, 1.82) is 0 Å². The van der Waals surface area contributed by atoms with Crippen LogP contribution in [0.15, 0.2) is 24.3 Å². The number of carbonyl (C=O) groups excluding carboxylic acids is 2. The molecule has 0 radical (unpaired) electrons. The summed E-state index contributed by atoms with van der Waals surface area (Å²) in [5.41, 5.74) is 0. The predicted octanol–water partition coefficient (Wildman–Crippen LogP) is 11.9. The number of likely N-dealkylation sites (N-methyl/N-ethyl adjacent to an activating group) is 1. The molecule has 0 heterocycles. The summed E-state index contributed by atoms with van der Waals surface area (Å²) in [5.74, 6) is -0.810. The Kier molecular flexibility index (Phi) is 38.1. The monoisotopic (exact) mass is 758 g/mol. The van der Waals surface area contributed by atoms with Crippen molar-refractivity contribution in [3.8, 4) is 0 Å². The molecule has 0 bridgehead atoms. The van der Waals surface area contributed by atoms with E-state index in [1.807, 2.05) is 0 Å². The van der Waals surface area contributed by atoms with Gasteiger partial charge in [0.1, 0.15) is 6.61 Å². The Balaban J connectivity index is 4.23. The van der Waals surface area contributed by atoms with Gasteiger partial charge in [-0.25, -0.2) is 4.57 Å². The summed E-state index contributed by atoms with van der Waals surface area (Å²) in [6, 6.07) is 0. The zero-order valence-corrected chi connectivity index (χ0v) is 34.7. The quantitative estimate of drug-likeness (QED) is 0.0272. The number of hydrogen-bond acceptors (Lipinski definition) is 8. The molecule has 0 amide bonds. The zero-order valence-electron chi connectivity index (χ0n) is 33.8. The van der Waals surface area contributed by atoms with E-state index in [1.54, 1.807) is 7.05 Å². The Morgan fingerprint density at radius 2 is 1.04 bits per heavy atom. The highest BCUT2D eigenvalue weighted by atomic mass is 31.2. The highest BCUT2D eigenvalue weighted by molar-refractivity contribution is 7.47. The number of phosphoric ester groups is 1. The van der Waals surface area contributed by atoms with Crippen LogP contribution in [0.25, 0.3) is 0 Å². The number of allylic oxidation sites excluding steroid dienone is 4. The third-order valence-electron chi connectivity index (χ3n) is 9.07. The van der Waals surface area contributed by atoms with Gasteiger partial charge in [-0.05, 0) is 52.0 Å². The fraction of sp³-hybridized carbons (Fsp3) is 0.857. The van der Waals surface area contributed by atoms with Gasteiger partial charge in [0, 0.05) is 19.4 Å². The van der Waals surface area contributed by atoms with Crippen molar-refractivity contribution in [3.63, 3.8) is 0 Å². The minimum absolute atomic E-state index is 0.0168. The molecular formula is C42H80NO8P. The van der Waals surface area contributed by atoms with E-state index in [9.17, 15) is 19.0 Å². The first kappa shape index (κ1) is 50.5. The molecule has 0 aliphatic heterocycles. The maximum Gasteiger partial charge on any atom is 0.472 e. The lowest BCUT2D eigenvalue weighted by molar-refractivity contribution is -0.161. The molecule has 306 valence electrons. The van der Waals surface area contributed by atoms with Gasteiger partial charge in [0.05, 0.1) is 13.2 Å². The number of nitrogens with one attached hydrogen (secondary N) is 1. The van der Waals surface area contributed by atoms with E-state index >= 15 is 0 Å².